The summed E-state index contributed by atoms with van der Waals surface area (Å²) in [6.07, 6.45) is 2.15. The molecule has 3 amide bonds. The van der Waals surface area contributed by atoms with Crippen molar-refractivity contribution in [3.05, 3.63) is 69.3 Å². The molecule has 15 rings (SSSR count). The average molecular weight is 2020 g/mol. The fourth-order valence-electron chi connectivity index (χ4n) is 19.1. The summed E-state index contributed by atoms with van der Waals surface area (Å²) < 4.78 is 154. The Morgan fingerprint density at radius 2 is 0.622 bits per heavy atom. The van der Waals surface area contributed by atoms with Crippen LogP contribution in [0.4, 0.5) is 31.8 Å². The first-order chi connectivity index (χ1) is 63.0. The number of aliphatic hydroxyl groups is 3. The second kappa shape index (κ2) is 41.1. The molecule has 0 spiro atoms. The molecule has 135 heavy (non-hydrogen) atoms. The predicted octanol–water partition coefficient (Wildman–Crippen LogP) is 15.0. The van der Waals surface area contributed by atoms with Crippen molar-refractivity contribution in [3.63, 3.8) is 0 Å². The number of methoxy groups -OCH3 is 3. The van der Waals surface area contributed by atoms with Crippen LogP contribution in [0.1, 0.15) is 216 Å². The summed E-state index contributed by atoms with van der Waals surface area (Å²) in [5.41, 5.74) is 1.42. The van der Waals surface area contributed by atoms with E-state index in [1.165, 1.54) is 21.3 Å². The molecule has 9 aliphatic rings. The van der Waals surface area contributed by atoms with Gasteiger partial charge in [0.15, 0.2) is 50.8 Å². The maximum atomic E-state index is 13.6. The highest BCUT2D eigenvalue weighted by molar-refractivity contribution is 7.64. The zero-order chi connectivity index (χ0) is 98.8. The van der Waals surface area contributed by atoms with Gasteiger partial charge in [0.2, 0.25) is 15.9 Å². The molecule has 3 saturated carbocycles. The molecule has 6 saturated heterocycles. The van der Waals surface area contributed by atoms with Crippen LogP contribution in [-0.2, 0) is 99.0 Å². The number of carbonyl (C=O) groups is 3. The van der Waals surface area contributed by atoms with Crippen molar-refractivity contribution in [3.8, 4) is 0 Å². The fraction of sp³-hybridized carbons (Fsp3) is 0.767. The molecular weight excluding hydrogens is 1880 g/mol. The number of halogens is 3. The molecule has 6 aliphatic heterocycles. The van der Waals surface area contributed by atoms with Crippen molar-refractivity contribution in [2.75, 3.05) is 135 Å². The molecule has 6 aromatic rings. The van der Waals surface area contributed by atoms with Gasteiger partial charge in [-0.3, -0.25) is 14.7 Å². The highest BCUT2D eigenvalue weighted by atomic mass is 35.5. The summed E-state index contributed by atoms with van der Waals surface area (Å²) in [6.45, 7) is 35.0. The lowest BCUT2D eigenvalue weighted by atomic mass is 10.1. The SMILES string of the molecule is COCC(CO)(OC[C@H]1O[C@H](c2ccc3c(N(C(=O)OC(C)(C)C)C4CCCC4)nc(Cl)nn23)[C@@H]2OC(C)(C)O[C@@H]21)P(C)(C)=O.COC[C@@](CO)(OC[C@H]1O[C@H](c2ccc3c(N(C(=O)OC(C)(C)C)C4CCCC4)nc(Cl)nn23)[C@@H]2OC(C)(C)O[C@@H]21)P(C)(C)=O.COC[C@](CO)(OC[C@H]1O[C@H](c2ccc3c(N(C(=O)OC(C)(C)C)C4CCCC4)nc(Cl)nn23)[C@@H]2OC(C)(C)O[C@@H]21)P(C)(C)=O. The summed E-state index contributed by atoms with van der Waals surface area (Å²) in [6, 6.07) is 10.7. The van der Waals surface area contributed by atoms with E-state index in [9.17, 15) is 43.4 Å². The standard InChI is InChI=1S/3C30H46ClN4O9P/c3*1-28(2,3)44-27(37)34(18-11-9-10-12-18)25-20-14-13-19(35(20)33-26(31)32-25)22-24-23(42-29(4,5)43-24)21(41-22)15-40-30(16-36,17-39-6)45(7,8)38/h3*13-14,18,21-24,36H,9-12,15-17H2,1-8H3/t21-,22-,23-,24+,30?;21-,22-,23-,24+,30+;21-,22-,23-,24+,30-/m111/s1. The molecule has 9 fully saturated rings. The minimum Gasteiger partial charge on any atom is -0.443 e. The predicted molar refractivity (Wildman–Crippen MR) is 503 cm³/mol. The van der Waals surface area contributed by atoms with Gasteiger partial charge in [0, 0.05) is 39.5 Å². The van der Waals surface area contributed by atoms with E-state index < -0.39 is 183 Å². The monoisotopic (exact) mass is 2020 g/mol. The molecule has 1 unspecified atom stereocenters. The van der Waals surface area contributed by atoms with E-state index in [4.69, 9.17) is 120 Å². The number of ether oxygens (including phenoxy) is 18. The van der Waals surface area contributed by atoms with Gasteiger partial charge >= 0.3 is 18.3 Å². The Morgan fingerprint density at radius 1 is 0.400 bits per heavy atom. The van der Waals surface area contributed by atoms with Crippen LogP contribution < -0.4 is 14.7 Å². The number of amides is 3. The van der Waals surface area contributed by atoms with Crippen LogP contribution >= 0.6 is 56.2 Å². The van der Waals surface area contributed by atoms with Crippen LogP contribution in [0.2, 0.25) is 15.9 Å². The normalized spacial score (nSPS) is 26.7. The molecule has 45 heteroatoms. The Morgan fingerprint density at radius 3 is 0.822 bits per heavy atom. The fourth-order valence-corrected chi connectivity index (χ4v) is 23.1. The topological polar surface area (TPSA) is 430 Å². The third kappa shape index (κ3) is 23.2. The van der Waals surface area contributed by atoms with E-state index in [0.29, 0.717) is 51.1 Å². The van der Waals surface area contributed by atoms with Crippen molar-refractivity contribution in [2.24, 2.45) is 0 Å². The quantitative estimate of drug-likeness (QED) is 0.0278. The van der Waals surface area contributed by atoms with Gasteiger partial charge in [0.05, 0.1) is 76.5 Å². The molecule has 15 atom stereocenters. The van der Waals surface area contributed by atoms with Crippen molar-refractivity contribution >= 4 is 109 Å². The van der Waals surface area contributed by atoms with Crippen molar-refractivity contribution in [1.29, 1.82) is 0 Å². The summed E-state index contributed by atoms with van der Waals surface area (Å²) in [5, 5.41) is 39.9. The maximum Gasteiger partial charge on any atom is 0.416 e. The Hall–Kier alpha value is -5.49. The number of carbonyl (C=O) groups excluding carboxylic acids is 3. The van der Waals surface area contributed by atoms with Crippen LogP contribution in [0.15, 0.2) is 36.4 Å². The van der Waals surface area contributed by atoms with Crippen LogP contribution in [0.3, 0.4) is 0 Å². The Bertz CT molecular complexity index is 4820. The largest absolute Gasteiger partial charge is 0.443 e. The minimum absolute atomic E-state index is 0.0366. The zero-order valence-corrected chi connectivity index (χ0v) is 86.9. The number of hydrogen-bond donors (Lipinski definition) is 3. The zero-order valence-electron chi connectivity index (χ0n) is 82.0. The Balaban J connectivity index is 0.000000171. The number of nitrogens with zero attached hydrogens (tertiary/aromatic N) is 12. The van der Waals surface area contributed by atoms with E-state index in [-0.39, 0.29) is 73.6 Å². The number of rotatable bonds is 30. The number of anilines is 3. The number of aliphatic hydroxyl groups excluding tert-OH is 3. The minimum atomic E-state index is -2.98. The average Bonchev–Trinajstić information content (AvgIpc) is 1.59. The van der Waals surface area contributed by atoms with Gasteiger partial charge in [-0.05, 0) is 254 Å². The molecule has 6 aromatic heterocycles. The Labute approximate surface area is 803 Å². The van der Waals surface area contributed by atoms with Crippen molar-refractivity contribution in [2.45, 2.75) is 322 Å². The van der Waals surface area contributed by atoms with Crippen LogP contribution in [0.5, 0.6) is 0 Å². The molecule has 3 aliphatic carbocycles. The van der Waals surface area contributed by atoms with Gasteiger partial charge in [-0.1, -0.05) is 38.5 Å². The van der Waals surface area contributed by atoms with Crippen molar-refractivity contribution < 1.29 is 129 Å². The number of hydrogen-bond acceptors (Lipinski definition) is 33. The first-order valence-electron chi connectivity index (χ1n) is 46.1. The molecule has 0 aromatic carbocycles. The first-order valence-corrected chi connectivity index (χ1v) is 55.0. The van der Waals surface area contributed by atoms with Crippen LogP contribution in [0, 0.1) is 0 Å². The van der Waals surface area contributed by atoms with E-state index in [1.54, 1.807) is 68.2 Å². The second-order valence-electron chi connectivity index (χ2n) is 41.7. The van der Waals surface area contributed by atoms with Gasteiger partial charge in [-0.2, -0.15) is 15.0 Å². The molecule has 3 N–H and O–H groups in total. The third-order valence-corrected chi connectivity index (χ3v) is 33.2. The first kappa shape index (κ1) is 107. The number of fused-ring (bicyclic) bond motifs is 6. The van der Waals surface area contributed by atoms with Gasteiger partial charge in [0.1, 0.15) is 128 Å². The molecule has 0 bridgehead atoms. The molecule has 756 valence electrons. The van der Waals surface area contributed by atoms with E-state index in [0.717, 1.165) is 77.0 Å². The molecule has 0 radical (unpaired) electrons. The summed E-state index contributed by atoms with van der Waals surface area (Å²) >= 11 is 19.6. The lowest BCUT2D eigenvalue weighted by molar-refractivity contribution is -0.198. The smallest absolute Gasteiger partial charge is 0.416 e. The molecule has 12 heterocycles. The van der Waals surface area contributed by atoms with Crippen molar-refractivity contribution in [1.82, 2.24) is 43.8 Å². The van der Waals surface area contributed by atoms with E-state index in [2.05, 4.69) is 30.2 Å². The highest BCUT2D eigenvalue weighted by Gasteiger charge is 2.62. The van der Waals surface area contributed by atoms with Gasteiger partial charge in [-0.25, -0.2) is 27.9 Å². The van der Waals surface area contributed by atoms with Gasteiger partial charge < -0.3 is 114 Å². The molecular formula is C90H138Cl3N12O27P3. The molecule has 39 nitrogen and oxygen atoms in total. The van der Waals surface area contributed by atoms with E-state index in [1.807, 2.05) is 140 Å². The lowest BCUT2D eigenvalue weighted by Gasteiger charge is -2.36. The maximum absolute atomic E-state index is 13.6. The second-order valence-corrected chi connectivity index (χ2v) is 53.3. The van der Waals surface area contributed by atoms with Gasteiger partial charge in [-0.15, -0.1) is 15.3 Å². The third-order valence-electron chi connectivity index (χ3n) is 25.7. The van der Waals surface area contributed by atoms with Crippen LogP contribution in [-0.4, -0.2) is 321 Å². The lowest BCUT2D eigenvalue weighted by Crippen LogP contribution is -2.44. The summed E-state index contributed by atoms with van der Waals surface area (Å²) in [7, 11) is -4.55. The Kier molecular flexibility index (Phi) is 32.5. The summed E-state index contributed by atoms with van der Waals surface area (Å²) in [5.74, 6) is -1.68. The highest BCUT2D eigenvalue weighted by Crippen LogP contribution is 2.58. The van der Waals surface area contributed by atoms with E-state index >= 15 is 0 Å². The number of aromatic nitrogens is 9. The van der Waals surface area contributed by atoms with Gasteiger partial charge in [0.25, 0.3) is 0 Å². The van der Waals surface area contributed by atoms with Crippen LogP contribution in [0.25, 0.3) is 16.6 Å². The summed E-state index contributed by atoms with van der Waals surface area (Å²) in [4.78, 5) is 59.2.